The lowest BCUT2D eigenvalue weighted by atomic mass is 9.96. The zero-order valence-corrected chi connectivity index (χ0v) is 9.27. The van der Waals surface area contributed by atoms with Crippen LogP contribution in [-0.4, -0.2) is 25.9 Å². The Morgan fingerprint density at radius 3 is 2.88 bits per heavy atom. The molecule has 0 unspecified atom stereocenters. The van der Waals surface area contributed by atoms with Crippen LogP contribution < -0.4 is 10.6 Å². The number of carbonyl (C=O) groups excluding carboxylic acids is 1. The van der Waals surface area contributed by atoms with E-state index in [0.717, 1.165) is 13.0 Å². The molecule has 2 rings (SSSR count). The molecular weight excluding hydrogens is 204 g/mol. The van der Waals surface area contributed by atoms with Crippen LogP contribution in [0, 0.1) is 0 Å². The Bertz CT molecular complexity index is 353. The zero-order valence-electron chi connectivity index (χ0n) is 9.27. The van der Waals surface area contributed by atoms with Crippen molar-refractivity contribution in [2.45, 2.75) is 18.5 Å². The third-order valence-electron chi connectivity index (χ3n) is 2.91. The maximum absolute atomic E-state index is 11.2. The van der Waals surface area contributed by atoms with Gasteiger partial charge in [-0.05, 0) is 18.5 Å². The fraction of sp³-hybridized carbons (Fsp3) is 0.417. The van der Waals surface area contributed by atoms with Gasteiger partial charge in [-0.3, -0.25) is 5.32 Å². The van der Waals surface area contributed by atoms with Gasteiger partial charge in [0.15, 0.2) is 0 Å². The number of amides is 1. The molecule has 0 spiro atoms. The maximum atomic E-state index is 11.2. The van der Waals surface area contributed by atoms with E-state index < -0.39 is 0 Å². The van der Waals surface area contributed by atoms with E-state index in [1.807, 2.05) is 18.2 Å². The Hall–Kier alpha value is -1.55. The number of ether oxygens (including phenoxy) is 1. The summed E-state index contributed by atoms with van der Waals surface area (Å²) in [4.78, 5) is 11.2. The molecule has 1 heterocycles. The molecule has 4 nitrogen and oxygen atoms in total. The molecule has 1 aliphatic rings. The lowest BCUT2D eigenvalue weighted by Gasteiger charge is -2.20. The predicted octanol–water partition coefficient (Wildman–Crippen LogP) is 1.45. The molecule has 86 valence electrons. The molecule has 2 N–H and O–H groups in total. The first-order valence-electron chi connectivity index (χ1n) is 5.44. The number of methoxy groups -OCH3 is 1. The van der Waals surface area contributed by atoms with Crippen LogP contribution in [0.1, 0.15) is 17.9 Å². The quantitative estimate of drug-likeness (QED) is 0.793. The number of carbonyl (C=O) groups is 1. The van der Waals surface area contributed by atoms with Crippen LogP contribution in [0.5, 0.6) is 0 Å². The van der Waals surface area contributed by atoms with E-state index in [0.29, 0.717) is 5.92 Å². The molecule has 0 bridgehead atoms. The van der Waals surface area contributed by atoms with Gasteiger partial charge in [0.25, 0.3) is 0 Å². The van der Waals surface area contributed by atoms with Crippen molar-refractivity contribution in [2.24, 2.45) is 0 Å². The van der Waals surface area contributed by atoms with Gasteiger partial charge >= 0.3 is 6.09 Å². The van der Waals surface area contributed by atoms with E-state index >= 15 is 0 Å². The highest BCUT2D eigenvalue weighted by Crippen LogP contribution is 2.26. The average molecular weight is 220 g/mol. The Labute approximate surface area is 95.0 Å². The molecule has 16 heavy (non-hydrogen) atoms. The molecule has 0 aromatic heterocycles. The third kappa shape index (κ3) is 2.33. The van der Waals surface area contributed by atoms with Crippen LogP contribution in [0.4, 0.5) is 4.79 Å². The number of hydrogen-bond donors (Lipinski definition) is 2. The molecule has 1 aromatic rings. The second-order valence-electron chi connectivity index (χ2n) is 3.87. The van der Waals surface area contributed by atoms with Gasteiger partial charge in [-0.25, -0.2) is 4.79 Å². The first-order valence-corrected chi connectivity index (χ1v) is 5.44. The molecule has 0 aliphatic carbocycles. The normalized spacial score (nSPS) is 24.1. The molecular formula is C12H16N2O2. The van der Waals surface area contributed by atoms with Crippen LogP contribution in [0.2, 0.25) is 0 Å². The molecule has 1 aromatic carbocycles. The van der Waals surface area contributed by atoms with E-state index in [1.54, 1.807) is 0 Å². The van der Waals surface area contributed by atoms with Gasteiger partial charge in [0.1, 0.15) is 0 Å². The Morgan fingerprint density at radius 1 is 1.44 bits per heavy atom. The van der Waals surface area contributed by atoms with Crippen LogP contribution in [0.3, 0.4) is 0 Å². The minimum absolute atomic E-state index is 0.0325. The summed E-state index contributed by atoms with van der Waals surface area (Å²) in [6, 6.07) is 10.2. The van der Waals surface area contributed by atoms with Crippen molar-refractivity contribution < 1.29 is 9.53 Å². The van der Waals surface area contributed by atoms with E-state index in [1.165, 1.54) is 12.7 Å². The molecule has 4 heteroatoms. The maximum Gasteiger partial charge on any atom is 0.408 e. The van der Waals surface area contributed by atoms with Gasteiger partial charge in [-0.1, -0.05) is 30.3 Å². The minimum atomic E-state index is -0.389. The summed E-state index contributed by atoms with van der Waals surface area (Å²) in [6.07, 6.45) is 0.605. The summed E-state index contributed by atoms with van der Waals surface area (Å²) in [6.45, 7) is 0.911. The summed E-state index contributed by atoms with van der Waals surface area (Å²) in [5, 5.41) is 6.06. The second kappa shape index (κ2) is 4.99. The number of benzene rings is 1. The van der Waals surface area contributed by atoms with Crippen molar-refractivity contribution >= 4 is 6.09 Å². The van der Waals surface area contributed by atoms with Crippen molar-refractivity contribution in [1.82, 2.24) is 10.6 Å². The second-order valence-corrected chi connectivity index (χ2v) is 3.87. The zero-order chi connectivity index (χ0) is 11.4. The predicted molar refractivity (Wildman–Crippen MR) is 61.1 cm³/mol. The summed E-state index contributed by atoms with van der Waals surface area (Å²) < 4.78 is 4.61. The lowest BCUT2D eigenvalue weighted by Crippen LogP contribution is -2.44. The lowest BCUT2D eigenvalue weighted by molar-refractivity contribution is 0.164. The number of rotatable bonds is 2. The fourth-order valence-electron chi connectivity index (χ4n) is 2.10. The van der Waals surface area contributed by atoms with Gasteiger partial charge in [-0.2, -0.15) is 0 Å². The van der Waals surface area contributed by atoms with Crippen molar-refractivity contribution in [3.8, 4) is 0 Å². The average Bonchev–Trinajstić information content (AvgIpc) is 2.78. The van der Waals surface area contributed by atoms with E-state index in [-0.39, 0.29) is 12.3 Å². The minimum Gasteiger partial charge on any atom is -0.453 e. The number of hydrogen-bond acceptors (Lipinski definition) is 3. The number of nitrogens with one attached hydrogen (secondary N) is 2. The highest BCUT2D eigenvalue weighted by atomic mass is 16.5. The van der Waals surface area contributed by atoms with Crippen LogP contribution >= 0.6 is 0 Å². The van der Waals surface area contributed by atoms with Gasteiger partial charge in [-0.15, -0.1) is 0 Å². The highest BCUT2D eigenvalue weighted by molar-refractivity contribution is 5.67. The van der Waals surface area contributed by atoms with Crippen LogP contribution in [-0.2, 0) is 4.74 Å². The summed E-state index contributed by atoms with van der Waals surface area (Å²) in [5.74, 6) is 0.320. The summed E-state index contributed by atoms with van der Waals surface area (Å²) in [7, 11) is 1.38. The molecule has 1 aliphatic heterocycles. The smallest absolute Gasteiger partial charge is 0.408 e. The first kappa shape index (κ1) is 11.0. The molecule has 0 radical (unpaired) electrons. The molecule has 1 amide bonds. The Kier molecular flexibility index (Phi) is 3.41. The van der Waals surface area contributed by atoms with Crippen molar-refractivity contribution in [1.29, 1.82) is 0 Å². The van der Waals surface area contributed by atoms with Crippen LogP contribution in [0.25, 0.3) is 0 Å². The summed E-state index contributed by atoms with van der Waals surface area (Å²) in [5.41, 5.74) is 1.24. The standard InChI is InChI=1S/C12H16N2O2/c1-16-12(15)14-11-10(7-8-13-11)9-5-3-2-4-6-9/h2-6,10-11,13H,7-8H2,1H3,(H,14,15)/t10-,11+/m1/s1. The van der Waals surface area contributed by atoms with Crippen molar-refractivity contribution in [3.05, 3.63) is 35.9 Å². The Balaban J connectivity index is 2.06. The molecule has 0 saturated carbocycles. The molecule has 1 saturated heterocycles. The van der Waals surface area contributed by atoms with Gasteiger partial charge < -0.3 is 10.1 Å². The fourth-order valence-corrected chi connectivity index (χ4v) is 2.10. The van der Waals surface area contributed by atoms with Gasteiger partial charge in [0.05, 0.1) is 13.3 Å². The van der Waals surface area contributed by atoms with E-state index in [4.69, 9.17) is 0 Å². The SMILES string of the molecule is COC(=O)N[C@@H]1NCC[C@@H]1c1ccccc1. The highest BCUT2D eigenvalue weighted by Gasteiger charge is 2.29. The Morgan fingerprint density at radius 2 is 2.19 bits per heavy atom. The van der Waals surface area contributed by atoms with Crippen molar-refractivity contribution in [2.75, 3.05) is 13.7 Å². The van der Waals surface area contributed by atoms with Gasteiger partial charge in [0.2, 0.25) is 0 Å². The van der Waals surface area contributed by atoms with E-state index in [2.05, 4.69) is 27.5 Å². The largest absolute Gasteiger partial charge is 0.453 e. The molecule has 2 atom stereocenters. The number of alkyl carbamates (subject to hydrolysis) is 1. The van der Waals surface area contributed by atoms with E-state index in [9.17, 15) is 4.79 Å². The monoisotopic (exact) mass is 220 g/mol. The van der Waals surface area contributed by atoms with Crippen molar-refractivity contribution in [3.63, 3.8) is 0 Å². The van der Waals surface area contributed by atoms with Gasteiger partial charge in [0, 0.05) is 5.92 Å². The third-order valence-corrected chi connectivity index (χ3v) is 2.91. The van der Waals surface area contributed by atoms with Crippen LogP contribution in [0.15, 0.2) is 30.3 Å². The summed E-state index contributed by atoms with van der Waals surface area (Å²) >= 11 is 0. The first-order chi connectivity index (χ1) is 7.81. The topological polar surface area (TPSA) is 50.4 Å². The molecule has 1 fully saturated rings.